The van der Waals surface area contributed by atoms with Crippen LogP contribution in [0.5, 0.6) is 0 Å². The first-order chi connectivity index (χ1) is 11.2. The van der Waals surface area contributed by atoms with Crippen molar-refractivity contribution in [3.05, 3.63) is 33.6 Å². The van der Waals surface area contributed by atoms with Crippen LogP contribution >= 0.6 is 11.3 Å². The Balaban J connectivity index is 1.51. The Bertz CT molecular complexity index is 708. The molecule has 0 radical (unpaired) electrons. The Morgan fingerprint density at radius 2 is 2.39 bits per heavy atom. The summed E-state index contributed by atoms with van der Waals surface area (Å²) in [7, 11) is 0. The second-order valence-electron chi connectivity index (χ2n) is 5.37. The number of aryl methyl sites for hydroxylation is 1. The number of rotatable bonds is 6. The molecule has 0 unspecified atom stereocenters. The monoisotopic (exact) mass is 334 g/mol. The first-order valence-electron chi connectivity index (χ1n) is 7.60. The largest absolute Gasteiger partial charge is 0.376 e. The fraction of sp³-hybridized carbons (Fsp3) is 0.467. The molecule has 3 rings (SSSR count). The van der Waals surface area contributed by atoms with Gasteiger partial charge in [0.2, 0.25) is 5.91 Å². The number of aromatic nitrogens is 3. The SMILES string of the molecule is O=C(CCc1nnc(-c2cccs2)[nH]c1=O)NC[C@@H]1CCCO1. The fourth-order valence-corrected chi connectivity index (χ4v) is 3.07. The summed E-state index contributed by atoms with van der Waals surface area (Å²) in [5.74, 6) is 0.348. The predicted octanol–water partition coefficient (Wildman–Crippen LogP) is 1.12. The molecule has 1 atom stereocenters. The van der Waals surface area contributed by atoms with E-state index in [0.717, 1.165) is 24.3 Å². The second kappa shape index (κ2) is 7.47. The van der Waals surface area contributed by atoms with Crippen LogP contribution in [0.1, 0.15) is 25.0 Å². The predicted molar refractivity (Wildman–Crippen MR) is 86.3 cm³/mol. The number of hydrogen-bond donors (Lipinski definition) is 2. The molecule has 23 heavy (non-hydrogen) atoms. The topological polar surface area (TPSA) is 97.0 Å². The van der Waals surface area contributed by atoms with E-state index in [4.69, 9.17) is 4.74 Å². The van der Waals surface area contributed by atoms with E-state index in [2.05, 4.69) is 20.5 Å². The van der Waals surface area contributed by atoms with E-state index >= 15 is 0 Å². The molecule has 2 N–H and O–H groups in total. The van der Waals surface area contributed by atoms with Crippen molar-refractivity contribution in [2.45, 2.75) is 31.8 Å². The minimum absolute atomic E-state index is 0.107. The van der Waals surface area contributed by atoms with Gasteiger partial charge in [-0.1, -0.05) is 6.07 Å². The second-order valence-corrected chi connectivity index (χ2v) is 6.31. The molecule has 1 aliphatic rings. The molecular formula is C15H18N4O3S. The van der Waals surface area contributed by atoms with Gasteiger partial charge in [0.25, 0.3) is 5.56 Å². The smallest absolute Gasteiger partial charge is 0.273 e. The van der Waals surface area contributed by atoms with Gasteiger partial charge < -0.3 is 15.0 Å². The van der Waals surface area contributed by atoms with Crippen LogP contribution in [0.4, 0.5) is 0 Å². The number of nitrogens with one attached hydrogen (secondary N) is 2. The maximum absolute atomic E-state index is 12.0. The maximum atomic E-state index is 12.0. The number of amides is 1. The zero-order valence-corrected chi connectivity index (χ0v) is 13.4. The average Bonchev–Trinajstić information content (AvgIpc) is 3.25. The van der Waals surface area contributed by atoms with Gasteiger partial charge >= 0.3 is 0 Å². The third-order valence-corrected chi connectivity index (χ3v) is 4.54. The first kappa shape index (κ1) is 15.8. The number of H-pyrrole nitrogens is 1. The van der Waals surface area contributed by atoms with Crippen LogP contribution in [0, 0.1) is 0 Å². The number of aromatic amines is 1. The molecule has 7 nitrogen and oxygen atoms in total. The number of nitrogens with zero attached hydrogens (tertiary/aromatic N) is 2. The molecule has 122 valence electrons. The van der Waals surface area contributed by atoms with E-state index in [0.29, 0.717) is 12.4 Å². The van der Waals surface area contributed by atoms with Gasteiger partial charge in [0.15, 0.2) is 5.82 Å². The quantitative estimate of drug-likeness (QED) is 0.825. The summed E-state index contributed by atoms with van der Waals surface area (Å²) < 4.78 is 5.44. The summed E-state index contributed by atoms with van der Waals surface area (Å²) >= 11 is 1.48. The van der Waals surface area contributed by atoms with Gasteiger partial charge in [-0.05, 0) is 24.3 Å². The van der Waals surface area contributed by atoms with Gasteiger partial charge in [-0.15, -0.1) is 21.5 Å². The summed E-state index contributed by atoms with van der Waals surface area (Å²) in [5, 5.41) is 12.7. The summed E-state index contributed by atoms with van der Waals surface area (Å²) in [6.07, 6.45) is 2.62. The molecule has 2 aromatic rings. The van der Waals surface area contributed by atoms with Crippen LogP contribution in [-0.2, 0) is 16.0 Å². The number of ether oxygens (including phenoxy) is 1. The lowest BCUT2D eigenvalue weighted by atomic mass is 10.2. The normalized spacial score (nSPS) is 17.3. The molecule has 8 heteroatoms. The van der Waals surface area contributed by atoms with Crippen molar-refractivity contribution in [1.82, 2.24) is 20.5 Å². The van der Waals surface area contributed by atoms with Gasteiger partial charge in [0.1, 0.15) is 5.69 Å². The van der Waals surface area contributed by atoms with Crippen LogP contribution < -0.4 is 10.9 Å². The number of hydrogen-bond acceptors (Lipinski definition) is 6. The van der Waals surface area contributed by atoms with E-state index in [9.17, 15) is 9.59 Å². The molecule has 3 heterocycles. The van der Waals surface area contributed by atoms with Gasteiger partial charge in [0, 0.05) is 26.0 Å². The molecule has 0 aromatic carbocycles. The van der Waals surface area contributed by atoms with Crippen molar-refractivity contribution in [3.63, 3.8) is 0 Å². The molecule has 1 aliphatic heterocycles. The molecule has 0 spiro atoms. The van der Waals surface area contributed by atoms with Crippen LogP contribution in [0.2, 0.25) is 0 Å². The summed E-state index contributed by atoms with van der Waals surface area (Å²) in [5.41, 5.74) is -0.0205. The number of carbonyl (C=O) groups is 1. The minimum atomic E-state index is -0.296. The zero-order chi connectivity index (χ0) is 16.1. The van der Waals surface area contributed by atoms with E-state index in [1.807, 2.05) is 17.5 Å². The Hall–Kier alpha value is -2.06. The average molecular weight is 334 g/mol. The van der Waals surface area contributed by atoms with Gasteiger partial charge in [-0.3, -0.25) is 9.59 Å². The third kappa shape index (κ3) is 4.23. The summed E-state index contributed by atoms with van der Waals surface area (Å²) in [4.78, 5) is 27.4. The Kier molecular flexibility index (Phi) is 5.14. The van der Waals surface area contributed by atoms with Crippen LogP contribution in [0.15, 0.2) is 22.3 Å². The lowest BCUT2D eigenvalue weighted by Gasteiger charge is -2.10. The molecule has 1 fully saturated rings. The van der Waals surface area contributed by atoms with Crippen molar-refractivity contribution < 1.29 is 9.53 Å². The highest BCUT2D eigenvalue weighted by Crippen LogP contribution is 2.18. The highest BCUT2D eigenvalue weighted by atomic mass is 32.1. The van der Waals surface area contributed by atoms with Crippen LogP contribution in [-0.4, -0.2) is 40.3 Å². The molecule has 1 saturated heterocycles. The Morgan fingerprint density at radius 1 is 1.48 bits per heavy atom. The summed E-state index contributed by atoms with van der Waals surface area (Å²) in [6.45, 7) is 1.29. The minimum Gasteiger partial charge on any atom is -0.376 e. The van der Waals surface area contributed by atoms with E-state index in [1.54, 1.807) is 0 Å². The Morgan fingerprint density at radius 3 is 3.09 bits per heavy atom. The van der Waals surface area contributed by atoms with Gasteiger partial charge in [-0.2, -0.15) is 0 Å². The zero-order valence-electron chi connectivity index (χ0n) is 12.6. The Labute approximate surface area is 137 Å². The van der Waals surface area contributed by atoms with Crippen LogP contribution in [0.3, 0.4) is 0 Å². The lowest BCUT2D eigenvalue weighted by Crippen LogP contribution is -2.32. The van der Waals surface area contributed by atoms with Gasteiger partial charge in [-0.25, -0.2) is 0 Å². The molecule has 2 aromatic heterocycles. The van der Waals surface area contributed by atoms with Gasteiger partial charge in [0.05, 0.1) is 11.0 Å². The summed E-state index contributed by atoms with van der Waals surface area (Å²) in [6, 6.07) is 3.75. The lowest BCUT2D eigenvalue weighted by molar-refractivity contribution is -0.121. The van der Waals surface area contributed by atoms with E-state index < -0.39 is 0 Å². The highest BCUT2D eigenvalue weighted by Gasteiger charge is 2.16. The molecule has 0 aliphatic carbocycles. The molecule has 1 amide bonds. The first-order valence-corrected chi connectivity index (χ1v) is 8.48. The number of carbonyl (C=O) groups excluding carboxylic acids is 1. The maximum Gasteiger partial charge on any atom is 0.273 e. The molecular weight excluding hydrogens is 316 g/mol. The van der Waals surface area contributed by atoms with Crippen molar-refractivity contribution in [1.29, 1.82) is 0 Å². The number of thiophene rings is 1. The molecule has 0 saturated carbocycles. The fourth-order valence-electron chi connectivity index (χ4n) is 2.40. The third-order valence-electron chi connectivity index (χ3n) is 3.66. The van der Waals surface area contributed by atoms with Crippen molar-refractivity contribution in [2.24, 2.45) is 0 Å². The van der Waals surface area contributed by atoms with Crippen molar-refractivity contribution in [2.75, 3.05) is 13.2 Å². The van der Waals surface area contributed by atoms with Crippen molar-refractivity contribution in [3.8, 4) is 10.7 Å². The van der Waals surface area contributed by atoms with Crippen molar-refractivity contribution >= 4 is 17.2 Å². The molecule has 0 bridgehead atoms. The van der Waals surface area contributed by atoms with E-state index in [1.165, 1.54) is 11.3 Å². The highest BCUT2D eigenvalue weighted by molar-refractivity contribution is 7.13. The standard InChI is InChI=1S/C15H18N4O3S/c20-13(16-9-10-3-1-7-22-10)6-5-11-15(21)17-14(19-18-11)12-4-2-8-23-12/h2,4,8,10H,1,3,5-7,9H2,(H,16,20)(H,17,19,21)/t10-/m0/s1. The van der Waals surface area contributed by atoms with Crippen LogP contribution in [0.25, 0.3) is 10.7 Å². The van der Waals surface area contributed by atoms with E-state index in [-0.39, 0.29) is 36.1 Å².